The lowest BCUT2D eigenvalue weighted by molar-refractivity contribution is 0.389. The molecule has 1 saturated heterocycles. The maximum Gasteiger partial charge on any atom is 0.0178 e. The van der Waals surface area contributed by atoms with Gasteiger partial charge >= 0.3 is 0 Å². The van der Waals surface area contributed by atoms with Crippen LogP contribution in [0, 0.1) is 6.92 Å². The van der Waals surface area contributed by atoms with Gasteiger partial charge in [-0.1, -0.05) is 22.0 Å². The minimum Gasteiger partial charge on any atom is -0.317 e. The molecule has 1 aromatic rings. The van der Waals surface area contributed by atoms with Crippen molar-refractivity contribution in [1.82, 2.24) is 10.6 Å². The molecule has 0 aromatic heterocycles. The van der Waals surface area contributed by atoms with Crippen LogP contribution in [0.1, 0.15) is 24.0 Å². The molecule has 1 aliphatic rings. The standard InChI is InChI=1S/C14H21BrN2/c1-11-2-3-13(15)10-12(11)4-9-17-14-5-7-16-8-6-14/h2-3,10,14,16-17H,4-9H2,1H3. The van der Waals surface area contributed by atoms with E-state index in [1.54, 1.807) is 0 Å². The van der Waals surface area contributed by atoms with Crippen molar-refractivity contribution in [3.8, 4) is 0 Å². The minimum atomic E-state index is 0.712. The third-order valence-electron chi connectivity index (χ3n) is 3.48. The Labute approximate surface area is 112 Å². The third kappa shape index (κ3) is 4.09. The molecule has 1 aromatic carbocycles. The highest BCUT2D eigenvalue weighted by Crippen LogP contribution is 2.16. The Hall–Kier alpha value is -0.380. The van der Waals surface area contributed by atoms with Gasteiger partial charge in [0.15, 0.2) is 0 Å². The summed E-state index contributed by atoms with van der Waals surface area (Å²) < 4.78 is 1.18. The molecule has 2 nitrogen and oxygen atoms in total. The van der Waals surface area contributed by atoms with Crippen molar-refractivity contribution in [2.24, 2.45) is 0 Å². The van der Waals surface area contributed by atoms with Crippen LogP contribution in [0.5, 0.6) is 0 Å². The Morgan fingerprint density at radius 2 is 2.12 bits per heavy atom. The first kappa shape index (κ1) is 13.1. The summed E-state index contributed by atoms with van der Waals surface area (Å²) in [5.41, 5.74) is 2.83. The van der Waals surface area contributed by atoms with Crippen LogP contribution in [0.15, 0.2) is 22.7 Å². The average Bonchev–Trinajstić information content (AvgIpc) is 2.35. The van der Waals surface area contributed by atoms with Gasteiger partial charge in [-0.15, -0.1) is 0 Å². The molecule has 0 radical (unpaired) electrons. The molecule has 1 fully saturated rings. The van der Waals surface area contributed by atoms with Gasteiger partial charge in [0.05, 0.1) is 0 Å². The monoisotopic (exact) mass is 296 g/mol. The number of hydrogen-bond donors (Lipinski definition) is 2. The van der Waals surface area contributed by atoms with Gasteiger partial charge in [-0.05, 0) is 69.1 Å². The smallest absolute Gasteiger partial charge is 0.0178 e. The number of rotatable bonds is 4. The van der Waals surface area contributed by atoms with E-state index in [4.69, 9.17) is 0 Å². The van der Waals surface area contributed by atoms with Crippen LogP contribution < -0.4 is 10.6 Å². The van der Waals surface area contributed by atoms with E-state index in [0.29, 0.717) is 6.04 Å². The number of benzene rings is 1. The summed E-state index contributed by atoms with van der Waals surface area (Å²) in [5.74, 6) is 0. The summed E-state index contributed by atoms with van der Waals surface area (Å²) in [4.78, 5) is 0. The highest BCUT2D eigenvalue weighted by molar-refractivity contribution is 9.10. The lowest BCUT2D eigenvalue weighted by Gasteiger charge is -2.23. The Balaban J connectivity index is 1.79. The zero-order valence-electron chi connectivity index (χ0n) is 10.4. The maximum absolute atomic E-state index is 3.66. The highest BCUT2D eigenvalue weighted by Gasteiger charge is 2.11. The number of hydrogen-bond acceptors (Lipinski definition) is 2. The van der Waals surface area contributed by atoms with Gasteiger partial charge in [-0.3, -0.25) is 0 Å². The maximum atomic E-state index is 3.66. The van der Waals surface area contributed by atoms with Gasteiger partial charge in [0.1, 0.15) is 0 Å². The van der Waals surface area contributed by atoms with Crippen molar-refractivity contribution < 1.29 is 0 Å². The summed E-state index contributed by atoms with van der Waals surface area (Å²) in [6, 6.07) is 7.24. The van der Waals surface area contributed by atoms with E-state index in [9.17, 15) is 0 Å². The third-order valence-corrected chi connectivity index (χ3v) is 3.97. The van der Waals surface area contributed by atoms with Gasteiger partial charge in [-0.2, -0.15) is 0 Å². The molecule has 17 heavy (non-hydrogen) atoms. The molecule has 1 heterocycles. The molecular weight excluding hydrogens is 276 g/mol. The van der Waals surface area contributed by atoms with E-state index >= 15 is 0 Å². The van der Waals surface area contributed by atoms with Gasteiger partial charge < -0.3 is 10.6 Å². The molecule has 3 heteroatoms. The molecule has 0 atom stereocenters. The fourth-order valence-electron chi connectivity index (χ4n) is 2.35. The van der Waals surface area contributed by atoms with Crippen molar-refractivity contribution in [1.29, 1.82) is 0 Å². The van der Waals surface area contributed by atoms with Gasteiger partial charge in [0.2, 0.25) is 0 Å². The lowest BCUT2D eigenvalue weighted by atomic mass is 10.0. The Kier molecular flexibility index (Phi) is 5.01. The van der Waals surface area contributed by atoms with Crippen molar-refractivity contribution in [2.45, 2.75) is 32.2 Å². The van der Waals surface area contributed by atoms with Gasteiger partial charge in [0.25, 0.3) is 0 Å². The van der Waals surface area contributed by atoms with Crippen LogP contribution in [0.25, 0.3) is 0 Å². The highest BCUT2D eigenvalue weighted by atomic mass is 79.9. The summed E-state index contributed by atoms with van der Waals surface area (Å²) in [7, 11) is 0. The van der Waals surface area contributed by atoms with Crippen molar-refractivity contribution in [2.75, 3.05) is 19.6 Å². The van der Waals surface area contributed by atoms with E-state index < -0.39 is 0 Å². The second-order valence-corrected chi connectivity index (χ2v) is 5.71. The van der Waals surface area contributed by atoms with Gasteiger partial charge in [-0.25, -0.2) is 0 Å². The number of aryl methyl sites for hydroxylation is 1. The zero-order chi connectivity index (χ0) is 12.1. The first-order valence-corrected chi connectivity index (χ1v) is 7.24. The topological polar surface area (TPSA) is 24.1 Å². The molecule has 94 valence electrons. The van der Waals surface area contributed by atoms with E-state index in [1.807, 2.05) is 0 Å². The Bertz CT molecular complexity index is 359. The number of piperidine rings is 1. The number of nitrogens with one attached hydrogen (secondary N) is 2. The fourth-order valence-corrected chi connectivity index (χ4v) is 2.75. The van der Waals surface area contributed by atoms with E-state index in [2.05, 4.69) is 51.7 Å². The lowest BCUT2D eigenvalue weighted by Crippen LogP contribution is -2.40. The molecule has 1 aliphatic heterocycles. The fraction of sp³-hybridized carbons (Fsp3) is 0.571. The normalized spacial score (nSPS) is 17.3. The molecule has 2 rings (SSSR count). The van der Waals surface area contributed by atoms with Crippen molar-refractivity contribution >= 4 is 15.9 Å². The molecule has 0 spiro atoms. The predicted octanol–water partition coefficient (Wildman–Crippen LogP) is 2.64. The molecular formula is C14H21BrN2. The first-order chi connectivity index (χ1) is 8.25. The van der Waals surface area contributed by atoms with Crippen LogP contribution in [0.4, 0.5) is 0 Å². The van der Waals surface area contributed by atoms with Crippen molar-refractivity contribution in [3.63, 3.8) is 0 Å². The molecule has 0 saturated carbocycles. The SMILES string of the molecule is Cc1ccc(Br)cc1CCNC1CCNCC1. The summed E-state index contributed by atoms with van der Waals surface area (Å²) in [6.07, 6.45) is 3.64. The summed E-state index contributed by atoms with van der Waals surface area (Å²) >= 11 is 3.54. The Morgan fingerprint density at radius 1 is 1.35 bits per heavy atom. The van der Waals surface area contributed by atoms with Crippen LogP contribution in [0.2, 0.25) is 0 Å². The van der Waals surface area contributed by atoms with Gasteiger partial charge in [0, 0.05) is 10.5 Å². The second kappa shape index (κ2) is 6.53. The van der Waals surface area contributed by atoms with Crippen LogP contribution in [-0.2, 0) is 6.42 Å². The molecule has 0 aliphatic carbocycles. The molecule has 2 N–H and O–H groups in total. The second-order valence-electron chi connectivity index (χ2n) is 4.80. The number of halogens is 1. The predicted molar refractivity (Wildman–Crippen MR) is 76.5 cm³/mol. The van der Waals surface area contributed by atoms with Crippen molar-refractivity contribution in [3.05, 3.63) is 33.8 Å². The zero-order valence-corrected chi connectivity index (χ0v) is 12.0. The van der Waals surface area contributed by atoms with Crippen LogP contribution >= 0.6 is 15.9 Å². The average molecular weight is 297 g/mol. The Morgan fingerprint density at radius 3 is 2.88 bits per heavy atom. The summed E-state index contributed by atoms with van der Waals surface area (Å²) in [6.45, 7) is 5.59. The molecule has 0 bridgehead atoms. The molecule has 0 unspecified atom stereocenters. The first-order valence-electron chi connectivity index (χ1n) is 6.45. The van der Waals surface area contributed by atoms with E-state index in [1.165, 1.54) is 28.4 Å². The van der Waals surface area contributed by atoms with Crippen LogP contribution in [0.3, 0.4) is 0 Å². The van der Waals surface area contributed by atoms with Crippen LogP contribution in [-0.4, -0.2) is 25.7 Å². The largest absolute Gasteiger partial charge is 0.317 e. The minimum absolute atomic E-state index is 0.712. The summed E-state index contributed by atoms with van der Waals surface area (Å²) in [5, 5.41) is 7.05. The van der Waals surface area contributed by atoms with E-state index in [-0.39, 0.29) is 0 Å². The van der Waals surface area contributed by atoms with E-state index in [0.717, 1.165) is 26.1 Å². The molecule has 0 amide bonds. The quantitative estimate of drug-likeness (QED) is 0.893.